The zero-order chi connectivity index (χ0) is 34.1. The van der Waals surface area contributed by atoms with Crippen LogP contribution in [0.2, 0.25) is 10.0 Å². The normalized spacial score (nSPS) is 12.5. The largest absolute Gasteiger partial charge is 0.352 e. The average molecular weight is 698 g/mol. The molecule has 1 N–H and O–H groups in total. The van der Waals surface area contributed by atoms with E-state index in [1.807, 2.05) is 44.2 Å². The highest BCUT2D eigenvalue weighted by molar-refractivity contribution is 7.92. The molecule has 0 bridgehead atoms. The number of carbonyl (C=O) groups is 2. The summed E-state index contributed by atoms with van der Waals surface area (Å²) in [7, 11) is -4.43. The summed E-state index contributed by atoms with van der Waals surface area (Å²) in [5.74, 6) is -1.21. The molecule has 0 aromatic heterocycles. The van der Waals surface area contributed by atoms with Crippen LogP contribution in [0.4, 0.5) is 11.4 Å². The molecule has 0 aliphatic rings. The van der Waals surface area contributed by atoms with Gasteiger partial charge in [-0.15, -0.1) is 0 Å². The third-order valence-electron chi connectivity index (χ3n) is 7.60. The molecule has 0 radical (unpaired) electrons. The van der Waals surface area contributed by atoms with Crippen LogP contribution in [0.5, 0.6) is 0 Å². The van der Waals surface area contributed by atoms with Crippen LogP contribution in [0, 0.1) is 10.1 Å². The van der Waals surface area contributed by atoms with E-state index in [-0.39, 0.29) is 45.3 Å². The van der Waals surface area contributed by atoms with Gasteiger partial charge in [-0.25, -0.2) is 8.42 Å². The van der Waals surface area contributed by atoms with Gasteiger partial charge in [0.2, 0.25) is 11.8 Å². The van der Waals surface area contributed by atoms with Gasteiger partial charge >= 0.3 is 0 Å². The Labute approximate surface area is 284 Å². The first-order valence-corrected chi connectivity index (χ1v) is 17.0. The van der Waals surface area contributed by atoms with Gasteiger partial charge < -0.3 is 10.2 Å². The summed E-state index contributed by atoms with van der Waals surface area (Å²) in [4.78, 5) is 40.6. The van der Waals surface area contributed by atoms with Crippen LogP contribution in [-0.2, 0) is 32.6 Å². The second-order valence-corrected chi connectivity index (χ2v) is 13.5. The molecular formula is C34H34Cl2N4O6S. The number of nitro benzene ring substituents is 1. The SMILES string of the molecule is CC[C@H](C)NC(=O)[C@@H](Cc1ccccc1)N(Cc1c(Cl)cccc1Cl)C(=O)CN(c1cccc([N+](=O)[O-])c1)S(=O)(=O)c1ccccc1. The number of hydrogen-bond acceptors (Lipinski definition) is 6. The average Bonchev–Trinajstić information content (AvgIpc) is 3.07. The molecule has 0 aliphatic heterocycles. The molecule has 0 fully saturated rings. The Bertz CT molecular complexity index is 1810. The molecule has 0 heterocycles. The van der Waals surface area contributed by atoms with Gasteiger partial charge in [-0.2, -0.15) is 0 Å². The van der Waals surface area contributed by atoms with Crippen LogP contribution in [-0.4, -0.2) is 48.7 Å². The second-order valence-electron chi connectivity index (χ2n) is 10.8. The fraction of sp³-hybridized carbons (Fsp3) is 0.235. The lowest BCUT2D eigenvalue weighted by molar-refractivity contribution is -0.384. The van der Waals surface area contributed by atoms with Gasteiger partial charge in [-0.3, -0.25) is 24.0 Å². The molecule has 2 amide bonds. The van der Waals surface area contributed by atoms with Crippen molar-refractivity contribution in [2.24, 2.45) is 0 Å². The highest BCUT2D eigenvalue weighted by Crippen LogP contribution is 2.30. The Hall–Kier alpha value is -4.45. The monoisotopic (exact) mass is 696 g/mol. The van der Waals surface area contributed by atoms with Gasteiger partial charge in [0.1, 0.15) is 12.6 Å². The van der Waals surface area contributed by atoms with Crippen molar-refractivity contribution in [3.8, 4) is 0 Å². The zero-order valence-corrected chi connectivity index (χ0v) is 28.1. The van der Waals surface area contributed by atoms with Crippen LogP contribution >= 0.6 is 23.2 Å². The molecule has 47 heavy (non-hydrogen) atoms. The van der Waals surface area contributed by atoms with Crippen molar-refractivity contribution in [3.05, 3.63) is 134 Å². The standard InChI is InChI=1S/C34H34Cl2N4O6S/c1-3-24(2)37-34(42)32(20-25-12-6-4-7-13-25)38(22-29-30(35)18-11-19-31(29)36)33(41)23-39(26-14-10-15-27(21-26)40(43)44)47(45,46)28-16-8-5-9-17-28/h4-19,21,24,32H,3,20,22-23H2,1-2H3,(H,37,42)/t24-,32+/m0/s1. The van der Waals surface area contributed by atoms with Crippen molar-refractivity contribution in [1.82, 2.24) is 10.2 Å². The molecule has 0 saturated heterocycles. The Balaban J connectivity index is 1.86. The van der Waals surface area contributed by atoms with Crippen molar-refractivity contribution in [1.29, 1.82) is 0 Å². The lowest BCUT2D eigenvalue weighted by Crippen LogP contribution is -2.54. The number of sulfonamides is 1. The Morgan fingerprint density at radius 1 is 0.894 bits per heavy atom. The van der Waals surface area contributed by atoms with Crippen molar-refractivity contribution >= 4 is 56.4 Å². The quantitative estimate of drug-likeness (QED) is 0.116. The van der Waals surface area contributed by atoms with E-state index in [0.717, 1.165) is 15.9 Å². The molecule has 0 saturated carbocycles. The van der Waals surface area contributed by atoms with E-state index >= 15 is 0 Å². The predicted octanol–water partition coefficient (Wildman–Crippen LogP) is 6.65. The van der Waals surface area contributed by atoms with E-state index in [9.17, 15) is 28.1 Å². The molecule has 246 valence electrons. The summed E-state index contributed by atoms with van der Waals surface area (Å²) in [6, 6.07) is 25.1. The fourth-order valence-corrected chi connectivity index (χ4v) is 6.80. The molecular weight excluding hydrogens is 663 g/mol. The van der Waals surface area contributed by atoms with Gasteiger partial charge in [0.25, 0.3) is 15.7 Å². The summed E-state index contributed by atoms with van der Waals surface area (Å²) >= 11 is 13.1. The number of hydrogen-bond donors (Lipinski definition) is 1. The van der Waals surface area contributed by atoms with Gasteiger partial charge in [0.05, 0.1) is 15.5 Å². The van der Waals surface area contributed by atoms with Crippen LogP contribution < -0.4 is 9.62 Å². The van der Waals surface area contributed by atoms with Crippen LogP contribution in [0.25, 0.3) is 0 Å². The highest BCUT2D eigenvalue weighted by Gasteiger charge is 2.36. The fourth-order valence-electron chi connectivity index (χ4n) is 4.86. The molecule has 13 heteroatoms. The number of amides is 2. The zero-order valence-electron chi connectivity index (χ0n) is 25.8. The number of non-ortho nitro benzene ring substituents is 1. The molecule has 4 aromatic carbocycles. The van der Waals surface area contributed by atoms with Gasteiger partial charge in [-0.05, 0) is 49.2 Å². The van der Waals surface area contributed by atoms with E-state index in [4.69, 9.17) is 23.2 Å². The Morgan fingerprint density at radius 2 is 1.49 bits per heavy atom. The number of nitrogens with zero attached hydrogens (tertiary/aromatic N) is 3. The maximum absolute atomic E-state index is 14.6. The van der Waals surface area contributed by atoms with Crippen molar-refractivity contribution < 1.29 is 22.9 Å². The number of carbonyl (C=O) groups excluding carboxylic acids is 2. The second kappa shape index (κ2) is 15.9. The van der Waals surface area contributed by atoms with Crippen LogP contribution in [0.15, 0.2) is 108 Å². The number of benzene rings is 4. The summed E-state index contributed by atoms with van der Waals surface area (Å²) < 4.78 is 29.0. The number of anilines is 1. The number of rotatable bonds is 14. The van der Waals surface area contributed by atoms with E-state index in [1.165, 1.54) is 47.4 Å². The minimum absolute atomic E-state index is 0.0964. The molecule has 2 atom stereocenters. The predicted molar refractivity (Wildman–Crippen MR) is 183 cm³/mol. The third kappa shape index (κ3) is 8.88. The number of nitrogens with one attached hydrogen (secondary N) is 1. The minimum Gasteiger partial charge on any atom is -0.352 e. The molecule has 0 unspecified atom stereocenters. The topological polar surface area (TPSA) is 130 Å². The van der Waals surface area contributed by atoms with Crippen molar-refractivity contribution in [2.75, 3.05) is 10.8 Å². The summed E-state index contributed by atoms with van der Waals surface area (Å²) in [6.07, 6.45) is 0.725. The van der Waals surface area contributed by atoms with Crippen LogP contribution in [0.1, 0.15) is 31.4 Å². The molecule has 0 aliphatic carbocycles. The van der Waals surface area contributed by atoms with E-state index in [1.54, 1.807) is 24.3 Å². The highest BCUT2D eigenvalue weighted by atomic mass is 35.5. The number of halogens is 2. The van der Waals surface area contributed by atoms with Crippen molar-refractivity contribution in [2.45, 2.75) is 50.2 Å². The first kappa shape index (κ1) is 35.4. The molecule has 10 nitrogen and oxygen atoms in total. The third-order valence-corrected chi connectivity index (χ3v) is 10.1. The van der Waals surface area contributed by atoms with Crippen LogP contribution in [0.3, 0.4) is 0 Å². The molecule has 4 aromatic rings. The summed E-state index contributed by atoms with van der Waals surface area (Å²) in [5, 5.41) is 15.1. The molecule has 0 spiro atoms. The van der Waals surface area contributed by atoms with E-state index in [0.29, 0.717) is 12.0 Å². The van der Waals surface area contributed by atoms with Gasteiger partial charge in [0, 0.05) is 46.7 Å². The number of nitro groups is 1. The smallest absolute Gasteiger partial charge is 0.271 e. The van der Waals surface area contributed by atoms with E-state index in [2.05, 4.69) is 5.32 Å². The lowest BCUT2D eigenvalue weighted by Gasteiger charge is -2.34. The van der Waals surface area contributed by atoms with E-state index < -0.39 is 39.3 Å². The minimum atomic E-state index is -4.43. The lowest BCUT2D eigenvalue weighted by atomic mass is 10.0. The van der Waals surface area contributed by atoms with Gasteiger partial charge in [0.15, 0.2) is 0 Å². The maximum atomic E-state index is 14.6. The first-order valence-electron chi connectivity index (χ1n) is 14.8. The Kier molecular flexibility index (Phi) is 12.0. The summed E-state index contributed by atoms with van der Waals surface area (Å²) in [5.41, 5.74) is 0.660. The first-order chi connectivity index (χ1) is 22.4. The Morgan fingerprint density at radius 3 is 2.09 bits per heavy atom. The van der Waals surface area contributed by atoms with Crippen molar-refractivity contribution in [3.63, 3.8) is 0 Å². The van der Waals surface area contributed by atoms with Gasteiger partial charge in [-0.1, -0.05) is 90.8 Å². The summed E-state index contributed by atoms with van der Waals surface area (Å²) in [6.45, 7) is 2.74. The molecule has 4 rings (SSSR count). The maximum Gasteiger partial charge on any atom is 0.271 e.